The van der Waals surface area contributed by atoms with Crippen molar-refractivity contribution in [2.75, 3.05) is 20.1 Å². The van der Waals surface area contributed by atoms with Crippen molar-refractivity contribution in [1.29, 1.82) is 0 Å². The Labute approximate surface area is 79.4 Å². The molecule has 13 heavy (non-hydrogen) atoms. The number of likely N-dealkylation sites (N-methyl/N-ethyl adjacent to an activating group) is 1. The summed E-state index contributed by atoms with van der Waals surface area (Å²) < 4.78 is 0. The second-order valence-corrected chi connectivity index (χ2v) is 3.83. The fourth-order valence-corrected chi connectivity index (χ4v) is 2.09. The molecule has 0 aromatic rings. The molecule has 3 amide bonds. The van der Waals surface area contributed by atoms with E-state index in [2.05, 4.69) is 15.5 Å². The molecule has 5 heteroatoms. The molecule has 1 unspecified atom stereocenters. The number of imide groups is 1. The van der Waals surface area contributed by atoms with Crippen molar-refractivity contribution < 1.29 is 12.4 Å². The number of hydrogen-bond acceptors (Lipinski definition) is 3. The summed E-state index contributed by atoms with van der Waals surface area (Å²) in [7, 11) is 1.96. The van der Waals surface area contributed by atoms with E-state index in [1.165, 1.54) is 0 Å². The third kappa shape index (κ3) is 1.29. The molecular formula is C8H17N3O2. The first-order valence-electron chi connectivity index (χ1n) is 4.45. The van der Waals surface area contributed by atoms with Gasteiger partial charge in [0.25, 0.3) is 5.91 Å². The summed E-state index contributed by atoms with van der Waals surface area (Å²) in [5.74, 6) is -0.177. The molecule has 0 aromatic carbocycles. The lowest BCUT2D eigenvalue weighted by Crippen LogP contribution is -2.57. The number of amides is 3. The Morgan fingerprint density at radius 1 is 1.54 bits per heavy atom. The van der Waals surface area contributed by atoms with Crippen molar-refractivity contribution in [3.8, 4) is 0 Å². The van der Waals surface area contributed by atoms with E-state index < -0.39 is 5.54 Å². The minimum atomic E-state index is -0.649. The maximum absolute atomic E-state index is 11.5. The van der Waals surface area contributed by atoms with Gasteiger partial charge in [0.1, 0.15) is 5.54 Å². The Morgan fingerprint density at radius 3 is 2.85 bits per heavy atom. The van der Waals surface area contributed by atoms with Gasteiger partial charge in [0.2, 0.25) is 0 Å². The van der Waals surface area contributed by atoms with Crippen LogP contribution in [-0.2, 0) is 4.79 Å². The first-order valence-corrected chi connectivity index (χ1v) is 4.45. The molecule has 2 N–H and O–H groups in total. The largest absolute Gasteiger partial charge is 0.322 e. The molecule has 0 saturated carbocycles. The molecule has 0 radical (unpaired) electrons. The Bertz CT molecular complexity index is 275. The number of carbonyl (C=O) groups is 2. The number of nitrogens with one attached hydrogen (secondary N) is 2. The third-order valence-electron chi connectivity index (χ3n) is 2.70. The number of urea groups is 1. The number of likely N-dealkylation sites (tertiary alicyclic amines) is 1. The van der Waals surface area contributed by atoms with Gasteiger partial charge in [-0.05, 0) is 26.4 Å². The van der Waals surface area contributed by atoms with Crippen molar-refractivity contribution in [2.24, 2.45) is 0 Å². The zero-order chi connectivity index (χ0) is 9.47. The average molecular weight is 187 g/mol. The maximum atomic E-state index is 11.5. The maximum Gasteiger partial charge on any atom is 0.322 e. The van der Waals surface area contributed by atoms with Gasteiger partial charge < -0.3 is 10.2 Å². The van der Waals surface area contributed by atoms with Crippen LogP contribution < -0.4 is 10.6 Å². The van der Waals surface area contributed by atoms with Crippen LogP contribution in [0, 0.1) is 0 Å². The van der Waals surface area contributed by atoms with E-state index in [-0.39, 0.29) is 14.8 Å². The van der Waals surface area contributed by atoms with Gasteiger partial charge in [0, 0.05) is 9.40 Å². The molecule has 0 aromatic heterocycles. The highest BCUT2D eigenvalue weighted by Gasteiger charge is 2.47. The van der Waals surface area contributed by atoms with Crippen LogP contribution in [0.2, 0.25) is 0 Å². The Kier molecular flexibility index (Phi) is 1.76. The predicted molar refractivity (Wildman–Crippen MR) is 50.4 cm³/mol. The number of hydrogen-bond donors (Lipinski definition) is 2. The molecule has 2 aliphatic heterocycles. The summed E-state index contributed by atoms with van der Waals surface area (Å²) in [6.45, 7) is 1.61. The van der Waals surface area contributed by atoms with E-state index in [1.54, 1.807) is 0 Å². The Balaban J connectivity index is 0.000000980. The van der Waals surface area contributed by atoms with E-state index in [0.717, 1.165) is 19.4 Å². The zero-order valence-electron chi connectivity index (χ0n) is 7.59. The van der Waals surface area contributed by atoms with Crippen molar-refractivity contribution >= 4 is 11.9 Å². The van der Waals surface area contributed by atoms with E-state index in [9.17, 15) is 9.59 Å². The van der Waals surface area contributed by atoms with Crippen LogP contribution in [0.1, 0.15) is 15.7 Å². The lowest BCUT2D eigenvalue weighted by atomic mass is 9.89. The van der Waals surface area contributed by atoms with Gasteiger partial charge >= 0.3 is 6.03 Å². The Hall–Kier alpha value is -1.10. The summed E-state index contributed by atoms with van der Waals surface area (Å²) in [5, 5.41) is 4.99. The van der Waals surface area contributed by atoms with Crippen LogP contribution in [0.3, 0.4) is 0 Å². The van der Waals surface area contributed by atoms with E-state index in [1.807, 2.05) is 7.05 Å². The number of rotatable bonds is 0. The lowest BCUT2D eigenvalue weighted by Gasteiger charge is -2.35. The zero-order valence-corrected chi connectivity index (χ0v) is 7.59. The fraction of sp³-hybridized carbons (Fsp3) is 0.750. The first-order chi connectivity index (χ1) is 6.12. The standard InChI is InChI=1S/C8H13N3O2.2H2/c1-11-4-2-3-8(5-11)6(12)9-7(13)10-8;;/h2-5H2,1H3,(H2,9,10,12,13);2*1H. The van der Waals surface area contributed by atoms with Crippen LogP contribution in [-0.4, -0.2) is 42.5 Å². The van der Waals surface area contributed by atoms with Crippen molar-refractivity contribution in [1.82, 2.24) is 15.5 Å². The van der Waals surface area contributed by atoms with Gasteiger partial charge in [-0.2, -0.15) is 0 Å². The highest BCUT2D eigenvalue weighted by molar-refractivity contribution is 6.07. The minimum Gasteiger partial charge on any atom is -0.322 e. The van der Waals surface area contributed by atoms with Crippen molar-refractivity contribution in [3.05, 3.63) is 0 Å². The highest BCUT2D eigenvalue weighted by atomic mass is 16.2. The lowest BCUT2D eigenvalue weighted by molar-refractivity contribution is -0.125. The molecule has 2 aliphatic rings. The minimum absolute atomic E-state index is 0. The molecule has 2 fully saturated rings. The summed E-state index contributed by atoms with van der Waals surface area (Å²) >= 11 is 0. The van der Waals surface area contributed by atoms with Crippen molar-refractivity contribution in [2.45, 2.75) is 18.4 Å². The molecule has 2 rings (SSSR count). The van der Waals surface area contributed by atoms with Crippen LogP contribution in [0.5, 0.6) is 0 Å². The average Bonchev–Trinajstić information content (AvgIpc) is 2.26. The summed E-state index contributed by atoms with van der Waals surface area (Å²) in [6.07, 6.45) is 1.69. The van der Waals surface area contributed by atoms with Gasteiger partial charge in [0.15, 0.2) is 0 Å². The van der Waals surface area contributed by atoms with Gasteiger partial charge in [-0.3, -0.25) is 10.1 Å². The summed E-state index contributed by atoms with van der Waals surface area (Å²) in [5.41, 5.74) is -0.649. The van der Waals surface area contributed by atoms with Gasteiger partial charge in [-0.15, -0.1) is 0 Å². The van der Waals surface area contributed by atoms with Gasteiger partial charge in [0.05, 0.1) is 0 Å². The van der Waals surface area contributed by atoms with Crippen LogP contribution in [0.4, 0.5) is 4.79 Å². The van der Waals surface area contributed by atoms with Gasteiger partial charge in [-0.1, -0.05) is 0 Å². The molecule has 0 bridgehead atoms. The molecule has 5 nitrogen and oxygen atoms in total. The second kappa shape index (κ2) is 2.70. The van der Waals surface area contributed by atoms with Gasteiger partial charge in [-0.25, -0.2) is 4.79 Å². The molecule has 2 heterocycles. The van der Waals surface area contributed by atoms with Crippen LogP contribution in [0.15, 0.2) is 0 Å². The second-order valence-electron chi connectivity index (χ2n) is 3.83. The van der Waals surface area contributed by atoms with Crippen LogP contribution in [0.25, 0.3) is 0 Å². The molecule has 1 spiro atoms. The summed E-state index contributed by atoms with van der Waals surface area (Å²) in [4.78, 5) is 24.5. The molecule has 1 atom stereocenters. The number of carbonyl (C=O) groups excluding carboxylic acids is 2. The monoisotopic (exact) mass is 187 g/mol. The van der Waals surface area contributed by atoms with E-state index in [4.69, 9.17) is 0 Å². The van der Waals surface area contributed by atoms with Crippen LogP contribution >= 0.6 is 0 Å². The smallest absolute Gasteiger partial charge is 0.322 e. The Morgan fingerprint density at radius 2 is 2.31 bits per heavy atom. The quantitative estimate of drug-likeness (QED) is 0.515. The normalized spacial score (nSPS) is 34.8. The number of piperidine rings is 1. The fourth-order valence-electron chi connectivity index (χ4n) is 2.09. The molecule has 2 saturated heterocycles. The highest BCUT2D eigenvalue weighted by Crippen LogP contribution is 2.23. The predicted octanol–water partition coefficient (Wildman–Crippen LogP) is -0.218. The summed E-state index contributed by atoms with van der Waals surface area (Å²) in [6, 6.07) is -0.361. The molecular weight excluding hydrogens is 170 g/mol. The molecule has 0 aliphatic carbocycles. The van der Waals surface area contributed by atoms with E-state index >= 15 is 0 Å². The third-order valence-corrected chi connectivity index (χ3v) is 2.70. The topological polar surface area (TPSA) is 61.4 Å². The first kappa shape index (κ1) is 8.50. The SMILES string of the molecule is CN1CCCC2(C1)NC(=O)NC2=O.[HH].[HH]. The van der Waals surface area contributed by atoms with E-state index in [0.29, 0.717) is 6.54 Å². The number of nitrogens with zero attached hydrogens (tertiary/aromatic N) is 1. The van der Waals surface area contributed by atoms with Crippen molar-refractivity contribution in [3.63, 3.8) is 0 Å². The molecule has 76 valence electrons.